The summed E-state index contributed by atoms with van der Waals surface area (Å²) in [6.45, 7) is 2.31. The number of amides is 1. The summed E-state index contributed by atoms with van der Waals surface area (Å²) < 4.78 is 19.2. The van der Waals surface area contributed by atoms with Gasteiger partial charge in [-0.25, -0.2) is 14.7 Å². The molecule has 2 heterocycles. The second-order valence-electron chi connectivity index (χ2n) is 5.45. The number of nitrogens with zero attached hydrogens (tertiary/aromatic N) is 5. The van der Waals surface area contributed by atoms with E-state index in [0.717, 1.165) is 13.0 Å². The van der Waals surface area contributed by atoms with Crippen molar-refractivity contribution in [2.24, 2.45) is 16.1 Å². The van der Waals surface area contributed by atoms with E-state index in [1.165, 1.54) is 11.3 Å². The molecule has 0 spiro atoms. The number of carbonyl (C=O) groups is 1. The van der Waals surface area contributed by atoms with Crippen LogP contribution in [0.5, 0.6) is 0 Å². The van der Waals surface area contributed by atoms with Crippen LogP contribution in [0, 0.1) is 0 Å². The SMILES string of the molecule is CN(C)/N=N/c1[nH]cnc1C(N)=O.O=P1(N(CCCl)CCCl)NCCCO1. The average molecular weight is 443 g/mol. The number of imidazole rings is 1. The quantitative estimate of drug-likeness (QED) is 0.241. The third-order valence-corrected chi connectivity index (χ3v) is 5.77. The molecule has 0 bridgehead atoms. The van der Waals surface area contributed by atoms with Gasteiger partial charge in [0.15, 0.2) is 11.5 Å². The van der Waals surface area contributed by atoms with Gasteiger partial charge >= 0.3 is 7.67 Å². The molecular weight excluding hydrogens is 418 g/mol. The molecule has 4 N–H and O–H groups in total. The van der Waals surface area contributed by atoms with Crippen LogP contribution in [0.25, 0.3) is 0 Å². The van der Waals surface area contributed by atoms with Gasteiger partial charge in [0.2, 0.25) is 0 Å². The Morgan fingerprint density at radius 2 is 2.07 bits per heavy atom. The van der Waals surface area contributed by atoms with Gasteiger partial charge in [0.05, 0.1) is 12.9 Å². The molecule has 1 aliphatic heterocycles. The molecule has 0 radical (unpaired) electrons. The zero-order chi connectivity index (χ0) is 20.3. The molecule has 1 aliphatic rings. The van der Waals surface area contributed by atoms with E-state index in [-0.39, 0.29) is 11.5 Å². The van der Waals surface area contributed by atoms with Crippen LogP contribution >= 0.6 is 30.9 Å². The van der Waals surface area contributed by atoms with Gasteiger partial charge in [0, 0.05) is 45.5 Å². The number of rotatable bonds is 8. The van der Waals surface area contributed by atoms with Crippen molar-refractivity contribution in [2.45, 2.75) is 6.42 Å². The summed E-state index contributed by atoms with van der Waals surface area (Å²) in [5.41, 5.74) is 5.12. The summed E-state index contributed by atoms with van der Waals surface area (Å²) in [6.07, 6.45) is 2.23. The van der Waals surface area contributed by atoms with Crippen molar-refractivity contribution >= 4 is 42.6 Å². The monoisotopic (exact) mass is 442 g/mol. The maximum atomic E-state index is 12.2. The minimum Gasteiger partial charge on any atom is -0.364 e. The van der Waals surface area contributed by atoms with E-state index in [4.69, 9.17) is 33.5 Å². The van der Waals surface area contributed by atoms with E-state index >= 15 is 0 Å². The average Bonchev–Trinajstić information content (AvgIpc) is 3.10. The Morgan fingerprint density at radius 1 is 1.41 bits per heavy atom. The van der Waals surface area contributed by atoms with Crippen LogP contribution < -0.4 is 10.8 Å². The van der Waals surface area contributed by atoms with Gasteiger partial charge < -0.3 is 15.2 Å². The largest absolute Gasteiger partial charge is 0.364 e. The van der Waals surface area contributed by atoms with Crippen LogP contribution in [0.2, 0.25) is 0 Å². The number of aromatic nitrogens is 2. The maximum absolute atomic E-state index is 12.2. The molecule has 1 unspecified atom stereocenters. The molecule has 1 aromatic heterocycles. The van der Waals surface area contributed by atoms with E-state index in [0.29, 0.717) is 31.5 Å². The van der Waals surface area contributed by atoms with E-state index in [2.05, 4.69) is 25.4 Å². The predicted octanol–water partition coefficient (Wildman–Crippen LogP) is 1.95. The van der Waals surface area contributed by atoms with E-state index in [1.807, 2.05) is 0 Å². The number of nitrogens with two attached hydrogens (primary N) is 1. The van der Waals surface area contributed by atoms with Crippen molar-refractivity contribution in [3.8, 4) is 0 Å². The third kappa shape index (κ3) is 8.12. The van der Waals surface area contributed by atoms with E-state index in [9.17, 15) is 9.36 Å². The van der Waals surface area contributed by atoms with E-state index < -0.39 is 13.6 Å². The normalized spacial score (nSPS) is 19.7. The van der Waals surface area contributed by atoms with Gasteiger partial charge in [-0.2, -0.15) is 0 Å². The van der Waals surface area contributed by atoms with Crippen LogP contribution in [-0.2, 0) is 9.09 Å². The lowest BCUT2D eigenvalue weighted by atomic mass is 10.4. The molecule has 0 saturated carbocycles. The summed E-state index contributed by atoms with van der Waals surface area (Å²) in [5.74, 6) is 0.479. The van der Waals surface area contributed by atoms with Gasteiger partial charge in [0.25, 0.3) is 5.91 Å². The highest BCUT2D eigenvalue weighted by Gasteiger charge is 2.32. The number of hydrogen-bond acceptors (Lipinski definition) is 6. The van der Waals surface area contributed by atoms with Crippen LogP contribution in [0.4, 0.5) is 5.82 Å². The van der Waals surface area contributed by atoms with Gasteiger partial charge in [-0.3, -0.25) is 14.4 Å². The first-order valence-electron chi connectivity index (χ1n) is 8.13. The lowest BCUT2D eigenvalue weighted by Crippen LogP contribution is -2.35. The lowest BCUT2D eigenvalue weighted by Gasteiger charge is -2.33. The summed E-state index contributed by atoms with van der Waals surface area (Å²) in [6, 6.07) is 0. The molecule has 2 rings (SSSR count). The highest BCUT2D eigenvalue weighted by Crippen LogP contribution is 2.48. The van der Waals surface area contributed by atoms with Gasteiger partial charge in [-0.15, -0.1) is 28.3 Å². The first-order valence-corrected chi connectivity index (χ1v) is 10.8. The first-order chi connectivity index (χ1) is 12.8. The fraction of sp³-hybridized carbons (Fsp3) is 0.692. The number of primary amides is 1. The number of alkyl halides is 2. The van der Waals surface area contributed by atoms with Crippen molar-refractivity contribution in [1.82, 2.24) is 24.7 Å². The van der Waals surface area contributed by atoms with Crippen LogP contribution in [0.1, 0.15) is 16.9 Å². The number of nitrogens with one attached hydrogen (secondary N) is 2. The molecule has 11 nitrogen and oxygen atoms in total. The Kier molecular flexibility index (Phi) is 10.8. The smallest absolute Gasteiger partial charge is 0.343 e. The number of hydrogen-bond donors (Lipinski definition) is 3. The second-order valence-corrected chi connectivity index (χ2v) is 8.38. The minimum atomic E-state index is -2.84. The summed E-state index contributed by atoms with van der Waals surface area (Å²) in [4.78, 5) is 17.1. The lowest BCUT2D eigenvalue weighted by molar-refractivity contribution is 0.0996. The van der Waals surface area contributed by atoms with Gasteiger partial charge in [0.1, 0.15) is 0 Å². The number of carbonyl (C=O) groups excluding carboxylic acids is 1. The molecular formula is C13H25Cl2N8O3P. The highest BCUT2D eigenvalue weighted by atomic mass is 35.5. The van der Waals surface area contributed by atoms with Gasteiger partial charge in [-0.1, -0.05) is 5.22 Å². The summed E-state index contributed by atoms with van der Waals surface area (Å²) >= 11 is 11.2. The fourth-order valence-corrected chi connectivity index (χ4v) is 4.60. The molecule has 1 amide bonds. The zero-order valence-electron chi connectivity index (χ0n) is 15.3. The standard InChI is InChI=1S/C7H15Cl2N2O2P.C6H10N6O/c8-2-5-11(6-3-9)14(12)10-4-1-7-13-14;1-12(2)11-10-6-4(5(7)13)8-3-9-6/h1-7H2,(H,10,12);3H,1-2H3,(H2,7,13)(H,8,9)/b;11-10+. The Bertz CT molecular complexity index is 641. The Labute approximate surface area is 168 Å². The van der Waals surface area contributed by atoms with Crippen LogP contribution in [0.15, 0.2) is 16.7 Å². The number of aromatic amines is 1. The Morgan fingerprint density at radius 3 is 2.56 bits per heavy atom. The highest BCUT2D eigenvalue weighted by molar-refractivity contribution is 7.54. The Balaban J connectivity index is 0.000000271. The van der Waals surface area contributed by atoms with Crippen molar-refractivity contribution in [1.29, 1.82) is 0 Å². The predicted molar refractivity (Wildman–Crippen MR) is 104 cm³/mol. The molecule has 14 heteroatoms. The van der Waals surface area contributed by atoms with Crippen LogP contribution in [0.3, 0.4) is 0 Å². The van der Waals surface area contributed by atoms with Crippen molar-refractivity contribution < 1.29 is 13.9 Å². The molecule has 154 valence electrons. The molecule has 1 aromatic rings. The number of halogens is 2. The fourth-order valence-electron chi connectivity index (χ4n) is 1.96. The zero-order valence-corrected chi connectivity index (χ0v) is 17.7. The number of H-pyrrole nitrogens is 1. The van der Waals surface area contributed by atoms with Crippen LogP contribution in [-0.4, -0.2) is 77.7 Å². The molecule has 1 saturated heterocycles. The maximum Gasteiger partial charge on any atom is 0.343 e. The summed E-state index contributed by atoms with van der Waals surface area (Å²) in [7, 11) is 0.582. The van der Waals surface area contributed by atoms with Crippen molar-refractivity contribution in [3.63, 3.8) is 0 Å². The topological polar surface area (TPSA) is 141 Å². The van der Waals surface area contributed by atoms with Gasteiger partial charge in [-0.05, 0) is 6.42 Å². The van der Waals surface area contributed by atoms with Crippen molar-refractivity contribution in [2.75, 3.05) is 52.1 Å². The molecule has 1 atom stereocenters. The van der Waals surface area contributed by atoms with Crippen molar-refractivity contribution in [3.05, 3.63) is 12.0 Å². The second kappa shape index (κ2) is 12.3. The minimum absolute atomic E-state index is 0.0885. The molecule has 1 fully saturated rings. The molecule has 0 aromatic carbocycles. The molecule has 27 heavy (non-hydrogen) atoms. The first kappa shape index (κ1) is 23.8. The van der Waals surface area contributed by atoms with E-state index in [1.54, 1.807) is 18.8 Å². The third-order valence-electron chi connectivity index (χ3n) is 3.13. The summed E-state index contributed by atoms with van der Waals surface area (Å²) in [5, 5.41) is 11.8. The molecule has 0 aliphatic carbocycles. The Hall–Kier alpha value is -1.23.